The van der Waals surface area contributed by atoms with Gasteiger partial charge in [-0.25, -0.2) is 4.79 Å². The van der Waals surface area contributed by atoms with Gasteiger partial charge in [0.2, 0.25) is 5.91 Å². The van der Waals surface area contributed by atoms with Crippen molar-refractivity contribution in [3.8, 4) is 11.1 Å². The van der Waals surface area contributed by atoms with Crippen molar-refractivity contribution in [1.82, 2.24) is 10.6 Å². The Morgan fingerprint density at radius 1 is 1.03 bits per heavy atom. The van der Waals surface area contributed by atoms with Crippen LogP contribution in [0.1, 0.15) is 62.5 Å². The molecule has 0 spiro atoms. The van der Waals surface area contributed by atoms with Gasteiger partial charge in [-0.15, -0.1) is 0 Å². The van der Waals surface area contributed by atoms with Crippen molar-refractivity contribution in [2.75, 3.05) is 6.61 Å². The molecule has 2 aliphatic carbocycles. The van der Waals surface area contributed by atoms with Crippen molar-refractivity contribution in [3.05, 3.63) is 59.7 Å². The predicted octanol–water partition coefficient (Wildman–Crippen LogP) is 4.45. The Morgan fingerprint density at radius 3 is 2.29 bits per heavy atom. The maximum atomic E-state index is 12.8. The molecule has 3 N–H and O–H groups in total. The normalized spacial score (nSPS) is 19.7. The molecule has 3 atom stereocenters. The van der Waals surface area contributed by atoms with E-state index in [0.29, 0.717) is 12.8 Å². The van der Waals surface area contributed by atoms with Gasteiger partial charge in [-0.3, -0.25) is 9.59 Å². The largest absolute Gasteiger partial charge is 0.481 e. The van der Waals surface area contributed by atoms with Gasteiger partial charge in [-0.05, 0) is 53.9 Å². The van der Waals surface area contributed by atoms with Crippen LogP contribution in [-0.4, -0.2) is 41.8 Å². The molecule has 0 bridgehead atoms. The lowest BCUT2D eigenvalue weighted by atomic mass is 9.98. The number of benzene rings is 2. The first-order chi connectivity index (χ1) is 16.5. The number of carboxylic acid groups (broad SMARTS) is 1. The minimum Gasteiger partial charge on any atom is -0.481 e. The molecule has 0 aliphatic heterocycles. The van der Waals surface area contributed by atoms with Crippen molar-refractivity contribution in [2.24, 2.45) is 5.92 Å². The second kappa shape index (κ2) is 10.7. The second-order valence-corrected chi connectivity index (χ2v) is 9.29. The summed E-state index contributed by atoms with van der Waals surface area (Å²) in [6, 6.07) is 15.6. The number of alkyl carbamates (subject to hydrolysis) is 1. The molecule has 34 heavy (non-hydrogen) atoms. The molecule has 2 aromatic carbocycles. The van der Waals surface area contributed by atoms with Gasteiger partial charge in [0.25, 0.3) is 0 Å². The van der Waals surface area contributed by atoms with Crippen LogP contribution in [0, 0.1) is 5.92 Å². The Kier molecular flexibility index (Phi) is 7.50. The summed E-state index contributed by atoms with van der Waals surface area (Å²) in [7, 11) is 0. The lowest BCUT2D eigenvalue weighted by molar-refractivity contribution is -0.138. The molecule has 2 unspecified atom stereocenters. The van der Waals surface area contributed by atoms with E-state index in [1.165, 1.54) is 0 Å². The molecule has 2 aromatic rings. The van der Waals surface area contributed by atoms with Crippen LogP contribution in [-0.2, 0) is 14.3 Å². The molecule has 0 heterocycles. The number of nitrogens with one attached hydrogen (secondary N) is 2. The van der Waals surface area contributed by atoms with E-state index in [4.69, 9.17) is 9.84 Å². The quantitative estimate of drug-likeness (QED) is 0.508. The van der Waals surface area contributed by atoms with Crippen LogP contribution in [0.2, 0.25) is 0 Å². The average Bonchev–Trinajstić information content (AvgIpc) is 3.38. The zero-order valence-corrected chi connectivity index (χ0v) is 19.5. The van der Waals surface area contributed by atoms with Crippen LogP contribution >= 0.6 is 0 Å². The minimum absolute atomic E-state index is 0.0405. The molecule has 4 rings (SSSR count). The zero-order valence-electron chi connectivity index (χ0n) is 19.5. The van der Waals surface area contributed by atoms with E-state index in [1.54, 1.807) is 0 Å². The topological polar surface area (TPSA) is 105 Å². The summed E-state index contributed by atoms with van der Waals surface area (Å²) >= 11 is 0. The summed E-state index contributed by atoms with van der Waals surface area (Å²) in [6.45, 7) is 2.15. The fourth-order valence-corrected chi connectivity index (χ4v) is 5.28. The van der Waals surface area contributed by atoms with Crippen molar-refractivity contribution in [1.29, 1.82) is 0 Å². The fourth-order valence-electron chi connectivity index (χ4n) is 5.28. The maximum absolute atomic E-state index is 12.8. The van der Waals surface area contributed by atoms with E-state index in [1.807, 2.05) is 31.2 Å². The third kappa shape index (κ3) is 5.41. The van der Waals surface area contributed by atoms with Crippen LogP contribution < -0.4 is 10.6 Å². The third-order valence-electron chi connectivity index (χ3n) is 6.88. The molecule has 2 aliphatic rings. The van der Waals surface area contributed by atoms with Gasteiger partial charge in [0.15, 0.2) is 0 Å². The summed E-state index contributed by atoms with van der Waals surface area (Å²) in [6.07, 6.45) is 2.95. The van der Waals surface area contributed by atoms with Gasteiger partial charge in [0.1, 0.15) is 12.6 Å². The Hall–Kier alpha value is -3.35. The van der Waals surface area contributed by atoms with E-state index in [0.717, 1.165) is 41.5 Å². The second-order valence-electron chi connectivity index (χ2n) is 9.29. The highest BCUT2D eigenvalue weighted by atomic mass is 16.5. The molecule has 0 saturated heterocycles. The predicted molar refractivity (Wildman–Crippen MR) is 128 cm³/mol. The van der Waals surface area contributed by atoms with Crippen molar-refractivity contribution in [2.45, 2.75) is 63.5 Å². The Labute approximate surface area is 199 Å². The molecular weight excluding hydrogens is 432 g/mol. The lowest BCUT2D eigenvalue weighted by Crippen LogP contribution is -2.49. The van der Waals surface area contributed by atoms with Crippen molar-refractivity contribution < 1.29 is 24.2 Å². The van der Waals surface area contributed by atoms with Gasteiger partial charge >= 0.3 is 12.1 Å². The first-order valence-corrected chi connectivity index (χ1v) is 12.1. The van der Waals surface area contributed by atoms with Crippen LogP contribution in [0.3, 0.4) is 0 Å². The first kappa shape index (κ1) is 23.8. The number of carbonyl (C=O) groups is 3. The van der Waals surface area contributed by atoms with Gasteiger partial charge in [0.05, 0.1) is 0 Å². The number of hydrogen-bond donors (Lipinski definition) is 3. The van der Waals surface area contributed by atoms with Crippen molar-refractivity contribution in [3.63, 3.8) is 0 Å². The minimum atomic E-state index is -0.808. The summed E-state index contributed by atoms with van der Waals surface area (Å²) in [5, 5.41) is 14.7. The highest BCUT2D eigenvalue weighted by Gasteiger charge is 2.31. The molecule has 1 saturated carbocycles. The molecule has 180 valence electrons. The smallest absolute Gasteiger partial charge is 0.407 e. The number of ether oxygens (including phenoxy) is 1. The molecule has 0 radical (unpaired) electrons. The summed E-state index contributed by atoms with van der Waals surface area (Å²) in [5.74, 6) is -1.00. The van der Waals surface area contributed by atoms with Crippen LogP contribution in [0.15, 0.2) is 48.5 Å². The number of aliphatic carboxylic acids is 1. The van der Waals surface area contributed by atoms with E-state index >= 15 is 0 Å². The number of carbonyl (C=O) groups excluding carboxylic acids is 2. The fraction of sp³-hybridized carbons (Fsp3) is 0.444. The van der Waals surface area contributed by atoms with Crippen LogP contribution in [0.4, 0.5) is 4.79 Å². The average molecular weight is 465 g/mol. The first-order valence-electron chi connectivity index (χ1n) is 12.1. The highest BCUT2D eigenvalue weighted by molar-refractivity contribution is 5.86. The molecular formula is C27H32N2O5. The summed E-state index contributed by atoms with van der Waals surface area (Å²) in [4.78, 5) is 36.4. The SMILES string of the molecule is CCC[C@@H](NC(=O)OCC1c2ccccc2-c2ccccc21)C(=O)NC1CCC(CC(=O)O)C1. The molecule has 7 nitrogen and oxygen atoms in total. The van der Waals surface area contributed by atoms with Gasteiger partial charge in [-0.1, -0.05) is 61.9 Å². The Morgan fingerprint density at radius 2 is 1.68 bits per heavy atom. The van der Waals surface area contributed by atoms with Crippen LogP contribution in [0.25, 0.3) is 11.1 Å². The number of rotatable bonds is 9. The Balaban J connectivity index is 1.33. The summed E-state index contributed by atoms with van der Waals surface area (Å²) < 4.78 is 5.60. The van der Waals surface area contributed by atoms with E-state index < -0.39 is 18.1 Å². The number of hydrogen-bond acceptors (Lipinski definition) is 4. The lowest BCUT2D eigenvalue weighted by Gasteiger charge is -2.21. The standard InChI is InChI=1S/C27H32N2O5/c1-2-7-24(26(32)28-18-13-12-17(14-18)15-25(30)31)29-27(33)34-16-23-21-10-5-3-8-19(21)20-9-4-6-11-22(20)23/h3-6,8-11,17-18,23-24H,2,7,12-16H2,1H3,(H,28,32)(H,29,33)(H,30,31)/t17?,18?,24-/m1/s1. The Bertz CT molecular complexity index is 1010. The zero-order chi connectivity index (χ0) is 24.1. The molecule has 0 aromatic heterocycles. The summed E-state index contributed by atoms with van der Waals surface area (Å²) in [5.41, 5.74) is 4.59. The molecule has 7 heteroatoms. The van der Waals surface area contributed by atoms with E-state index in [2.05, 4.69) is 34.9 Å². The van der Waals surface area contributed by atoms with Gasteiger partial charge < -0.3 is 20.5 Å². The number of fused-ring (bicyclic) bond motifs is 3. The van der Waals surface area contributed by atoms with E-state index in [-0.39, 0.29) is 36.8 Å². The molecule has 2 amide bonds. The highest BCUT2D eigenvalue weighted by Crippen LogP contribution is 2.44. The maximum Gasteiger partial charge on any atom is 0.407 e. The van der Waals surface area contributed by atoms with Gasteiger partial charge in [-0.2, -0.15) is 0 Å². The third-order valence-corrected chi connectivity index (χ3v) is 6.88. The van der Waals surface area contributed by atoms with Crippen LogP contribution in [0.5, 0.6) is 0 Å². The van der Waals surface area contributed by atoms with Gasteiger partial charge in [0, 0.05) is 18.4 Å². The monoisotopic (exact) mass is 464 g/mol. The van der Waals surface area contributed by atoms with Crippen molar-refractivity contribution >= 4 is 18.0 Å². The molecule has 1 fully saturated rings. The number of carboxylic acids is 1. The number of amides is 2. The van der Waals surface area contributed by atoms with E-state index in [9.17, 15) is 14.4 Å².